The Balaban J connectivity index is 2.11. The van der Waals surface area contributed by atoms with Gasteiger partial charge < -0.3 is 4.74 Å². The van der Waals surface area contributed by atoms with Crippen molar-refractivity contribution in [3.63, 3.8) is 0 Å². The Morgan fingerprint density at radius 2 is 1.82 bits per heavy atom. The highest BCUT2D eigenvalue weighted by Gasteiger charge is 2.39. The molecular formula is C18H19ClF3N5O. The summed E-state index contributed by atoms with van der Waals surface area (Å²) in [5.74, 6) is 0.0808. The molecule has 2 aromatic heterocycles. The molecule has 1 aromatic carbocycles. The summed E-state index contributed by atoms with van der Waals surface area (Å²) in [6.45, 7) is 6.73. The third-order valence-corrected chi connectivity index (χ3v) is 4.40. The summed E-state index contributed by atoms with van der Waals surface area (Å²) >= 11 is 6.20. The monoisotopic (exact) mass is 413 g/mol. The van der Waals surface area contributed by atoms with E-state index in [9.17, 15) is 13.2 Å². The number of halogens is 4. The third-order valence-electron chi connectivity index (χ3n) is 4.03. The van der Waals surface area contributed by atoms with Gasteiger partial charge in [0.2, 0.25) is 5.88 Å². The number of nitrogens with zero attached hydrogens (tertiary/aromatic N) is 5. The molecule has 28 heavy (non-hydrogen) atoms. The molecule has 1 atom stereocenters. The minimum absolute atomic E-state index is 0.0659. The van der Waals surface area contributed by atoms with E-state index in [0.717, 1.165) is 12.5 Å². The molecule has 0 amide bonds. The molecule has 0 aliphatic carbocycles. The third kappa shape index (κ3) is 4.19. The van der Waals surface area contributed by atoms with Gasteiger partial charge in [0.15, 0.2) is 17.3 Å². The van der Waals surface area contributed by atoms with Crippen LogP contribution < -0.4 is 4.74 Å². The Hall–Kier alpha value is -2.42. The van der Waals surface area contributed by atoms with Crippen molar-refractivity contribution < 1.29 is 17.9 Å². The van der Waals surface area contributed by atoms with Crippen molar-refractivity contribution in [2.45, 2.75) is 51.9 Å². The van der Waals surface area contributed by atoms with Crippen molar-refractivity contribution in [1.29, 1.82) is 0 Å². The molecule has 0 fully saturated rings. The van der Waals surface area contributed by atoms with Crippen LogP contribution in [-0.2, 0) is 12.0 Å². The number of rotatable bonds is 4. The fraction of sp³-hybridized carbons (Fsp3) is 0.444. The zero-order chi connectivity index (χ0) is 20.7. The average molecular weight is 414 g/mol. The lowest BCUT2D eigenvalue weighted by molar-refractivity contribution is -0.189. The molecule has 10 heteroatoms. The summed E-state index contributed by atoms with van der Waals surface area (Å²) in [5, 5.41) is 8.52. The van der Waals surface area contributed by atoms with E-state index in [-0.39, 0.29) is 23.6 Å². The van der Waals surface area contributed by atoms with Crippen LogP contribution >= 0.6 is 11.6 Å². The van der Waals surface area contributed by atoms with Gasteiger partial charge in [-0.25, -0.2) is 9.67 Å². The second kappa shape index (κ2) is 7.20. The fourth-order valence-corrected chi connectivity index (χ4v) is 2.57. The van der Waals surface area contributed by atoms with Gasteiger partial charge in [0.1, 0.15) is 5.82 Å². The number of hydrogen-bond donors (Lipinski definition) is 0. The first kappa shape index (κ1) is 20.3. The molecule has 0 radical (unpaired) electrons. The van der Waals surface area contributed by atoms with Crippen LogP contribution in [0.25, 0.3) is 11.2 Å². The quantitative estimate of drug-likeness (QED) is 0.627. The van der Waals surface area contributed by atoms with E-state index in [0.29, 0.717) is 10.8 Å². The first-order chi connectivity index (χ1) is 13.0. The zero-order valence-corrected chi connectivity index (χ0v) is 16.5. The number of ether oxygens (including phenoxy) is 1. The summed E-state index contributed by atoms with van der Waals surface area (Å²) in [6.07, 6.45) is -6.58. The van der Waals surface area contributed by atoms with E-state index in [1.54, 1.807) is 12.1 Å². The molecule has 0 saturated carbocycles. The standard InChI is InChI=1S/C18H19ClF3N5O/c1-10(18(20,21)22)28-15-13-14(23-16(24-15)17(2,3)4)27(26-25-13)9-11-7-5-6-8-12(11)19/h5-8,10H,9H2,1-4H3/t10-/m1/s1. The van der Waals surface area contributed by atoms with Gasteiger partial charge in [-0.3, -0.25) is 0 Å². The molecule has 0 aliphatic heterocycles. The smallest absolute Gasteiger partial charge is 0.425 e. The van der Waals surface area contributed by atoms with Crippen molar-refractivity contribution in [3.05, 3.63) is 40.7 Å². The normalized spacial score (nSPS) is 13.7. The SMILES string of the molecule is C[C@@H](Oc1nc(C(C)(C)C)nc2c1nnn2Cc1ccccc1Cl)C(F)(F)F. The predicted octanol–water partition coefficient (Wildman–Crippen LogP) is 4.55. The van der Waals surface area contributed by atoms with E-state index in [4.69, 9.17) is 16.3 Å². The van der Waals surface area contributed by atoms with E-state index in [2.05, 4.69) is 20.3 Å². The molecule has 0 bridgehead atoms. The average Bonchev–Trinajstić information content (AvgIpc) is 2.98. The summed E-state index contributed by atoms with van der Waals surface area (Å²) in [4.78, 5) is 8.67. The Kier molecular flexibility index (Phi) is 5.22. The van der Waals surface area contributed by atoms with Gasteiger partial charge in [-0.05, 0) is 18.6 Å². The largest absolute Gasteiger partial charge is 0.463 e. The summed E-state index contributed by atoms with van der Waals surface area (Å²) in [7, 11) is 0. The minimum atomic E-state index is -4.53. The number of hydrogen-bond acceptors (Lipinski definition) is 5. The van der Waals surface area contributed by atoms with Crippen LogP contribution in [0.5, 0.6) is 5.88 Å². The highest BCUT2D eigenvalue weighted by molar-refractivity contribution is 6.31. The van der Waals surface area contributed by atoms with Gasteiger partial charge in [0.05, 0.1) is 6.54 Å². The molecule has 0 unspecified atom stereocenters. The maximum Gasteiger partial charge on any atom is 0.425 e. The van der Waals surface area contributed by atoms with Gasteiger partial charge in [0.25, 0.3) is 0 Å². The molecule has 0 spiro atoms. The highest BCUT2D eigenvalue weighted by Crippen LogP contribution is 2.30. The first-order valence-electron chi connectivity index (χ1n) is 8.55. The molecule has 0 aliphatic rings. The molecular weight excluding hydrogens is 395 g/mol. The lowest BCUT2D eigenvalue weighted by atomic mass is 9.96. The van der Waals surface area contributed by atoms with E-state index in [1.807, 2.05) is 32.9 Å². The first-order valence-corrected chi connectivity index (χ1v) is 8.93. The van der Waals surface area contributed by atoms with Crippen LogP contribution in [-0.4, -0.2) is 37.2 Å². The van der Waals surface area contributed by atoms with Gasteiger partial charge in [-0.15, -0.1) is 5.10 Å². The predicted molar refractivity (Wildman–Crippen MR) is 98.5 cm³/mol. The topological polar surface area (TPSA) is 65.7 Å². The van der Waals surface area contributed by atoms with Crippen LogP contribution in [0.1, 0.15) is 39.1 Å². The van der Waals surface area contributed by atoms with Crippen LogP contribution in [0, 0.1) is 0 Å². The van der Waals surface area contributed by atoms with E-state index < -0.39 is 17.7 Å². The van der Waals surface area contributed by atoms with E-state index >= 15 is 0 Å². The lowest BCUT2D eigenvalue weighted by Gasteiger charge is -2.20. The number of alkyl halides is 3. The number of aromatic nitrogens is 5. The molecule has 0 N–H and O–H groups in total. The molecule has 6 nitrogen and oxygen atoms in total. The van der Waals surface area contributed by atoms with Crippen LogP contribution in [0.4, 0.5) is 13.2 Å². The Labute approximate surface area is 164 Å². The van der Waals surface area contributed by atoms with Crippen molar-refractivity contribution in [2.75, 3.05) is 0 Å². The summed E-state index contributed by atoms with van der Waals surface area (Å²) in [6, 6.07) is 7.20. The zero-order valence-electron chi connectivity index (χ0n) is 15.8. The lowest BCUT2D eigenvalue weighted by Crippen LogP contribution is -2.32. The summed E-state index contributed by atoms with van der Waals surface area (Å²) in [5.41, 5.74) is 0.603. The molecule has 2 heterocycles. The maximum atomic E-state index is 13.0. The van der Waals surface area contributed by atoms with Gasteiger partial charge in [0, 0.05) is 10.4 Å². The van der Waals surface area contributed by atoms with E-state index in [1.165, 1.54) is 4.68 Å². The molecule has 3 rings (SSSR count). The van der Waals surface area contributed by atoms with Crippen molar-refractivity contribution in [1.82, 2.24) is 25.0 Å². The second-order valence-corrected chi connectivity index (χ2v) is 7.82. The second-order valence-electron chi connectivity index (χ2n) is 7.41. The molecule has 150 valence electrons. The number of fused-ring (bicyclic) bond motifs is 1. The van der Waals surface area contributed by atoms with Crippen molar-refractivity contribution in [2.24, 2.45) is 0 Å². The Bertz CT molecular complexity index is 997. The van der Waals surface area contributed by atoms with Crippen molar-refractivity contribution in [3.8, 4) is 5.88 Å². The van der Waals surface area contributed by atoms with Crippen LogP contribution in [0.2, 0.25) is 5.02 Å². The molecule has 0 saturated heterocycles. The highest BCUT2D eigenvalue weighted by atomic mass is 35.5. The maximum absolute atomic E-state index is 13.0. The van der Waals surface area contributed by atoms with Gasteiger partial charge >= 0.3 is 6.18 Å². The Morgan fingerprint density at radius 1 is 1.14 bits per heavy atom. The fourth-order valence-electron chi connectivity index (χ4n) is 2.38. The van der Waals surface area contributed by atoms with Gasteiger partial charge in [-0.2, -0.15) is 18.2 Å². The van der Waals surface area contributed by atoms with Crippen LogP contribution in [0.15, 0.2) is 24.3 Å². The Morgan fingerprint density at radius 3 is 2.43 bits per heavy atom. The summed E-state index contributed by atoms with van der Waals surface area (Å²) < 4.78 is 45.5. The van der Waals surface area contributed by atoms with Gasteiger partial charge in [-0.1, -0.05) is 55.8 Å². The minimum Gasteiger partial charge on any atom is -0.463 e. The number of benzene rings is 1. The molecule has 3 aromatic rings. The van der Waals surface area contributed by atoms with Crippen molar-refractivity contribution >= 4 is 22.8 Å². The van der Waals surface area contributed by atoms with Crippen LogP contribution in [0.3, 0.4) is 0 Å².